The Hall–Kier alpha value is -3.52. The molecule has 5 rings (SSSR count). The van der Waals surface area contributed by atoms with Gasteiger partial charge in [0.15, 0.2) is 5.82 Å². The molecule has 8 nitrogen and oxygen atoms in total. The topological polar surface area (TPSA) is 88.9 Å². The van der Waals surface area contributed by atoms with Gasteiger partial charge in [-0.05, 0) is 60.1 Å². The van der Waals surface area contributed by atoms with Crippen LogP contribution in [-0.2, 0) is 6.54 Å². The van der Waals surface area contributed by atoms with Gasteiger partial charge >= 0.3 is 0 Å². The first kappa shape index (κ1) is 22.3. The summed E-state index contributed by atoms with van der Waals surface area (Å²) < 4.78 is 7.23. The van der Waals surface area contributed by atoms with Crippen molar-refractivity contribution in [1.82, 2.24) is 30.1 Å². The van der Waals surface area contributed by atoms with Gasteiger partial charge in [0.05, 0.1) is 13.7 Å². The molecule has 1 saturated carbocycles. The van der Waals surface area contributed by atoms with E-state index in [0.717, 1.165) is 35.1 Å². The van der Waals surface area contributed by atoms with E-state index in [1.807, 2.05) is 47.1 Å². The van der Waals surface area contributed by atoms with Crippen molar-refractivity contribution in [3.05, 3.63) is 81.9 Å². The Morgan fingerprint density at radius 3 is 2.68 bits per heavy atom. The van der Waals surface area contributed by atoms with Crippen molar-refractivity contribution in [2.24, 2.45) is 0 Å². The molecule has 1 N–H and O–H groups in total. The highest BCUT2D eigenvalue weighted by molar-refractivity contribution is 5.80. The molecule has 0 unspecified atom stereocenters. The zero-order chi connectivity index (χ0) is 23.5. The monoisotopic (exact) mass is 458 g/mol. The van der Waals surface area contributed by atoms with E-state index in [9.17, 15) is 4.79 Å². The molecule has 0 bridgehead atoms. The normalized spacial score (nSPS) is 15.6. The minimum Gasteiger partial charge on any atom is -0.497 e. The first-order valence-electron chi connectivity index (χ1n) is 11.9. The number of methoxy groups -OCH3 is 1. The summed E-state index contributed by atoms with van der Waals surface area (Å²) >= 11 is 0. The van der Waals surface area contributed by atoms with Crippen molar-refractivity contribution in [2.45, 2.75) is 50.7 Å². The maximum absolute atomic E-state index is 13.4. The number of pyridine rings is 1. The number of aromatic nitrogens is 5. The maximum atomic E-state index is 13.4. The van der Waals surface area contributed by atoms with E-state index in [0.29, 0.717) is 24.0 Å². The number of nitrogens with one attached hydrogen (secondary N) is 1. The van der Waals surface area contributed by atoms with Crippen LogP contribution in [0.2, 0.25) is 0 Å². The zero-order valence-corrected chi connectivity index (χ0v) is 19.6. The average Bonchev–Trinajstić information content (AvgIpc) is 3.32. The van der Waals surface area contributed by atoms with Gasteiger partial charge in [0.1, 0.15) is 11.8 Å². The second-order valence-electron chi connectivity index (χ2n) is 9.05. The fourth-order valence-corrected chi connectivity index (χ4v) is 5.05. The van der Waals surface area contributed by atoms with Gasteiger partial charge in [-0.15, -0.1) is 5.10 Å². The number of fused-ring (bicyclic) bond motifs is 1. The van der Waals surface area contributed by atoms with Crippen molar-refractivity contribution in [3.8, 4) is 5.75 Å². The highest BCUT2D eigenvalue weighted by Crippen LogP contribution is 2.32. The predicted molar refractivity (Wildman–Crippen MR) is 131 cm³/mol. The molecular weight excluding hydrogens is 428 g/mol. The minimum absolute atomic E-state index is 0.125. The van der Waals surface area contributed by atoms with Gasteiger partial charge in [0, 0.05) is 22.5 Å². The molecule has 1 aliphatic rings. The third-order valence-electron chi connectivity index (χ3n) is 6.91. The molecule has 2 aromatic heterocycles. The Kier molecular flexibility index (Phi) is 6.40. The number of hydrogen-bond donors (Lipinski definition) is 1. The standard InChI is InChI=1S/C26H30N6O2/c1-31(20-11-7-4-8-12-20)24(25-28-29-30-32(25)17-18-9-5-3-6-10-18)22-16-19-15-21(34-2)13-14-23(19)27-26(22)33/h3,5-6,9-10,13-16,20,24H,4,7-8,11-12,17H2,1-2H3,(H,27,33)/t24-/m0/s1. The molecule has 4 aromatic rings. The summed E-state index contributed by atoms with van der Waals surface area (Å²) in [4.78, 5) is 18.7. The number of H-pyrrole nitrogens is 1. The number of rotatable bonds is 7. The molecular formula is C26H30N6O2. The van der Waals surface area contributed by atoms with Crippen LogP contribution in [0.1, 0.15) is 55.1 Å². The first-order chi connectivity index (χ1) is 16.6. The number of hydrogen-bond acceptors (Lipinski definition) is 6. The Morgan fingerprint density at radius 1 is 1.12 bits per heavy atom. The molecule has 1 atom stereocenters. The lowest BCUT2D eigenvalue weighted by atomic mass is 9.92. The fraction of sp³-hybridized carbons (Fsp3) is 0.385. The van der Waals surface area contributed by atoms with Gasteiger partial charge in [0.2, 0.25) is 0 Å². The average molecular weight is 459 g/mol. The van der Waals surface area contributed by atoms with Crippen LogP contribution in [0.15, 0.2) is 59.4 Å². The van der Waals surface area contributed by atoms with E-state index in [1.165, 1.54) is 19.3 Å². The summed E-state index contributed by atoms with van der Waals surface area (Å²) in [6.45, 7) is 0.539. The minimum atomic E-state index is -0.374. The largest absolute Gasteiger partial charge is 0.497 e. The maximum Gasteiger partial charge on any atom is 0.253 e. The quantitative estimate of drug-likeness (QED) is 0.451. The highest BCUT2D eigenvalue weighted by Gasteiger charge is 2.33. The third-order valence-corrected chi connectivity index (χ3v) is 6.91. The lowest BCUT2D eigenvalue weighted by molar-refractivity contribution is 0.149. The number of aromatic amines is 1. The van der Waals surface area contributed by atoms with Crippen LogP contribution in [0.5, 0.6) is 5.75 Å². The van der Waals surface area contributed by atoms with E-state index in [2.05, 4.69) is 44.6 Å². The van der Waals surface area contributed by atoms with Gasteiger partial charge in [0.25, 0.3) is 5.56 Å². The number of benzene rings is 2. The van der Waals surface area contributed by atoms with E-state index in [-0.39, 0.29) is 11.6 Å². The summed E-state index contributed by atoms with van der Waals surface area (Å²) in [6.07, 6.45) is 5.86. The molecule has 34 heavy (non-hydrogen) atoms. The van der Waals surface area contributed by atoms with Crippen molar-refractivity contribution in [1.29, 1.82) is 0 Å². The van der Waals surface area contributed by atoms with Crippen LogP contribution in [0, 0.1) is 0 Å². The van der Waals surface area contributed by atoms with Crippen LogP contribution in [0.4, 0.5) is 0 Å². The van der Waals surface area contributed by atoms with Crippen LogP contribution < -0.4 is 10.3 Å². The molecule has 176 valence electrons. The van der Waals surface area contributed by atoms with Crippen molar-refractivity contribution in [2.75, 3.05) is 14.2 Å². The number of tetrazole rings is 1. The Morgan fingerprint density at radius 2 is 1.91 bits per heavy atom. The molecule has 2 heterocycles. The van der Waals surface area contributed by atoms with E-state index >= 15 is 0 Å². The fourth-order valence-electron chi connectivity index (χ4n) is 5.05. The smallest absolute Gasteiger partial charge is 0.253 e. The van der Waals surface area contributed by atoms with Gasteiger partial charge in [-0.25, -0.2) is 4.68 Å². The Bertz CT molecular complexity index is 1310. The Balaban J connectivity index is 1.62. The molecule has 0 saturated heterocycles. The lowest BCUT2D eigenvalue weighted by Crippen LogP contribution is -2.40. The second-order valence-corrected chi connectivity index (χ2v) is 9.05. The SMILES string of the molecule is COc1ccc2[nH]c(=O)c([C@@H](c3nnnn3Cc3ccccc3)N(C)C3CCCCC3)cc2c1. The molecule has 1 fully saturated rings. The van der Waals surface area contributed by atoms with Crippen molar-refractivity contribution in [3.63, 3.8) is 0 Å². The van der Waals surface area contributed by atoms with Gasteiger partial charge in [-0.3, -0.25) is 9.69 Å². The van der Waals surface area contributed by atoms with Crippen LogP contribution >= 0.6 is 0 Å². The van der Waals surface area contributed by atoms with Gasteiger partial charge < -0.3 is 9.72 Å². The van der Waals surface area contributed by atoms with E-state index in [1.54, 1.807) is 7.11 Å². The molecule has 0 amide bonds. The van der Waals surface area contributed by atoms with E-state index < -0.39 is 0 Å². The zero-order valence-electron chi connectivity index (χ0n) is 19.6. The lowest BCUT2D eigenvalue weighted by Gasteiger charge is -2.36. The van der Waals surface area contributed by atoms with Gasteiger partial charge in [-0.2, -0.15) is 0 Å². The van der Waals surface area contributed by atoms with Gasteiger partial charge in [-0.1, -0.05) is 49.6 Å². The van der Waals surface area contributed by atoms with Crippen LogP contribution in [0.25, 0.3) is 10.9 Å². The molecule has 8 heteroatoms. The summed E-state index contributed by atoms with van der Waals surface area (Å²) in [7, 11) is 3.74. The third kappa shape index (κ3) is 4.46. The summed E-state index contributed by atoms with van der Waals surface area (Å²) in [5.74, 6) is 1.42. The summed E-state index contributed by atoms with van der Waals surface area (Å²) in [5, 5.41) is 13.7. The summed E-state index contributed by atoms with van der Waals surface area (Å²) in [5.41, 5.74) is 2.39. The summed E-state index contributed by atoms with van der Waals surface area (Å²) in [6, 6.07) is 17.7. The van der Waals surface area contributed by atoms with Crippen molar-refractivity contribution < 1.29 is 4.74 Å². The molecule has 0 spiro atoms. The number of nitrogens with zero attached hydrogens (tertiary/aromatic N) is 5. The molecule has 0 radical (unpaired) electrons. The second kappa shape index (κ2) is 9.77. The predicted octanol–water partition coefficient (Wildman–Crippen LogP) is 3.93. The Labute approximate surface area is 198 Å². The van der Waals surface area contributed by atoms with Crippen LogP contribution in [0.3, 0.4) is 0 Å². The van der Waals surface area contributed by atoms with E-state index in [4.69, 9.17) is 4.74 Å². The highest BCUT2D eigenvalue weighted by atomic mass is 16.5. The molecule has 2 aromatic carbocycles. The molecule has 1 aliphatic carbocycles. The molecule has 0 aliphatic heterocycles. The van der Waals surface area contributed by atoms with Crippen LogP contribution in [-0.4, -0.2) is 50.3 Å². The van der Waals surface area contributed by atoms with Crippen molar-refractivity contribution >= 4 is 10.9 Å². The first-order valence-corrected chi connectivity index (χ1v) is 11.9. The number of ether oxygens (including phenoxy) is 1.